The first kappa shape index (κ1) is 16.8. The Hall–Kier alpha value is -2.22. The van der Waals surface area contributed by atoms with E-state index in [9.17, 15) is 22.8 Å². The molecule has 1 atom stereocenters. The van der Waals surface area contributed by atoms with E-state index in [4.69, 9.17) is 5.11 Å². The van der Waals surface area contributed by atoms with Crippen LogP contribution in [0.3, 0.4) is 0 Å². The van der Waals surface area contributed by atoms with Crippen LogP contribution in [-0.2, 0) is 9.59 Å². The van der Waals surface area contributed by atoms with Crippen LogP contribution in [0.2, 0.25) is 0 Å². The Morgan fingerprint density at radius 1 is 1.29 bits per heavy atom. The van der Waals surface area contributed by atoms with Crippen molar-refractivity contribution in [1.82, 2.24) is 0 Å². The first-order chi connectivity index (χ1) is 9.70. The number of rotatable bonds is 6. The summed E-state index contributed by atoms with van der Waals surface area (Å²) >= 11 is 4.63. The average molecular weight is 324 g/mol. The number of carboxylic acids is 1. The maximum Gasteiger partial charge on any atom is 0.444 e. The lowest BCUT2D eigenvalue weighted by Crippen LogP contribution is -2.32. The molecule has 0 aliphatic rings. The number of carbonyl (C=O) groups is 2. The number of halogens is 4. The van der Waals surface area contributed by atoms with Crippen molar-refractivity contribution in [3.8, 4) is 5.75 Å². The van der Waals surface area contributed by atoms with Crippen LogP contribution in [0, 0.1) is 0 Å². The average Bonchev–Trinajstić information content (AvgIpc) is 2.38. The fourth-order valence-electron chi connectivity index (χ4n) is 1.14. The molecule has 1 amide bonds. The molecule has 0 saturated heterocycles. The Bertz CT molecular complexity index is 546. The second-order valence-electron chi connectivity index (χ2n) is 3.65. The van der Waals surface area contributed by atoms with Crippen LogP contribution >= 0.6 is 11.6 Å². The van der Waals surface area contributed by atoms with Crippen molar-refractivity contribution in [1.29, 1.82) is 0 Å². The Morgan fingerprint density at radius 3 is 2.33 bits per heavy atom. The van der Waals surface area contributed by atoms with Crippen LogP contribution in [0.4, 0.5) is 18.9 Å². The van der Waals surface area contributed by atoms with Gasteiger partial charge in [-0.05, 0) is 24.3 Å². The number of hydrogen-bond donors (Lipinski definition) is 2. The maximum absolute atomic E-state index is 12.9. The van der Waals surface area contributed by atoms with E-state index in [-0.39, 0.29) is 11.4 Å². The van der Waals surface area contributed by atoms with E-state index in [2.05, 4.69) is 21.7 Å². The van der Waals surface area contributed by atoms with Gasteiger partial charge in [-0.25, -0.2) is 9.18 Å². The van der Waals surface area contributed by atoms with Crippen molar-refractivity contribution in [2.45, 2.75) is 11.7 Å². The summed E-state index contributed by atoms with van der Waals surface area (Å²) in [6.45, 7) is 0. The highest BCUT2D eigenvalue weighted by Crippen LogP contribution is 2.29. The molecule has 0 aliphatic heterocycles. The highest BCUT2D eigenvalue weighted by atomic mass is 35.5. The molecule has 0 unspecified atom stereocenters. The van der Waals surface area contributed by atoms with Crippen molar-refractivity contribution in [3.63, 3.8) is 0 Å². The van der Waals surface area contributed by atoms with Gasteiger partial charge in [0.25, 0.3) is 5.63 Å². The number of benzene rings is 1. The second-order valence-corrected chi connectivity index (χ2v) is 4.03. The number of alkyl halides is 4. The molecule has 0 bridgehead atoms. The second kappa shape index (κ2) is 6.98. The first-order valence-electron chi connectivity index (χ1n) is 5.38. The van der Waals surface area contributed by atoms with Gasteiger partial charge >= 0.3 is 12.1 Å². The van der Waals surface area contributed by atoms with E-state index in [1.165, 1.54) is 12.1 Å². The molecule has 0 heterocycles. The molecule has 5 nitrogen and oxygen atoms in total. The minimum atomic E-state index is -4.18. The van der Waals surface area contributed by atoms with Gasteiger partial charge in [0.2, 0.25) is 5.91 Å². The van der Waals surface area contributed by atoms with Crippen molar-refractivity contribution in [3.05, 3.63) is 36.4 Å². The van der Waals surface area contributed by atoms with Crippen LogP contribution in [-0.4, -0.2) is 28.7 Å². The van der Waals surface area contributed by atoms with Crippen molar-refractivity contribution >= 4 is 29.2 Å². The molecule has 1 rings (SSSR count). The predicted octanol–water partition coefficient (Wildman–Crippen LogP) is 2.77. The smallest absolute Gasteiger partial charge is 0.444 e. The number of carbonyl (C=O) groups excluding carboxylic acids is 1. The zero-order valence-corrected chi connectivity index (χ0v) is 11.0. The Kier molecular flexibility index (Phi) is 5.60. The molecule has 0 aliphatic carbocycles. The van der Waals surface area contributed by atoms with Gasteiger partial charge in [0.1, 0.15) is 5.75 Å². The number of nitrogens with one attached hydrogen (secondary N) is 1. The third kappa shape index (κ3) is 5.74. The van der Waals surface area contributed by atoms with E-state index in [1.807, 2.05) is 0 Å². The number of aliphatic carboxylic acids is 1. The minimum absolute atomic E-state index is 0.202. The molecular formula is C12H9ClF3NO4. The van der Waals surface area contributed by atoms with Gasteiger partial charge < -0.3 is 15.2 Å². The van der Waals surface area contributed by atoms with Crippen molar-refractivity contribution in [2.75, 3.05) is 5.32 Å². The summed E-state index contributed by atoms with van der Waals surface area (Å²) in [5.74, 6) is -2.37. The van der Waals surface area contributed by atoms with Gasteiger partial charge in [-0.1, -0.05) is 11.6 Å². The molecule has 1 aromatic rings. The van der Waals surface area contributed by atoms with Gasteiger partial charge in [-0.3, -0.25) is 4.79 Å². The lowest BCUT2D eigenvalue weighted by molar-refractivity contribution is -0.199. The zero-order chi connectivity index (χ0) is 16.0. The number of carboxylic acid groups (broad SMARTS) is 1. The lowest BCUT2D eigenvalue weighted by Gasteiger charge is -2.17. The number of ether oxygens (including phenoxy) is 1. The van der Waals surface area contributed by atoms with Crippen LogP contribution in [0.25, 0.3) is 0 Å². The molecule has 114 valence electrons. The SMILES string of the molecule is O=C(O)/C=C/C(=O)Nc1ccc(OC(F)(F)[C@@H](F)Cl)cc1. The fraction of sp³-hybridized carbons (Fsp3) is 0.167. The minimum Gasteiger partial charge on any atom is -0.478 e. The standard InChI is InChI=1S/C12H9ClF3NO4/c13-11(14)12(15,16)21-8-3-1-7(2-4-8)17-9(18)5-6-10(19)20/h1-6,11H,(H,17,18)(H,19,20)/b6-5+/t11-/m1/s1. The van der Waals surface area contributed by atoms with Crippen LogP contribution < -0.4 is 10.1 Å². The number of amides is 1. The summed E-state index contributed by atoms with van der Waals surface area (Å²) in [7, 11) is 0. The number of hydrogen-bond acceptors (Lipinski definition) is 3. The van der Waals surface area contributed by atoms with Crippen molar-refractivity contribution in [2.24, 2.45) is 0 Å². The fourth-order valence-corrected chi connectivity index (χ4v) is 1.18. The molecule has 2 N–H and O–H groups in total. The third-order valence-corrected chi connectivity index (χ3v) is 2.26. The topological polar surface area (TPSA) is 75.6 Å². The summed E-state index contributed by atoms with van der Waals surface area (Å²) in [4.78, 5) is 21.4. The van der Waals surface area contributed by atoms with E-state index in [1.54, 1.807) is 0 Å². The monoisotopic (exact) mass is 323 g/mol. The molecule has 0 spiro atoms. The van der Waals surface area contributed by atoms with Crippen LogP contribution in [0.15, 0.2) is 36.4 Å². The predicted molar refractivity (Wildman–Crippen MR) is 68.2 cm³/mol. The molecule has 0 aromatic heterocycles. The third-order valence-electron chi connectivity index (χ3n) is 2.01. The Balaban J connectivity index is 2.66. The summed E-state index contributed by atoms with van der Waals surface area (Å²) < 4.78 is 42.1. The first-order valence-corrected chi connectivity index (χ1v) is 5.81. The van der Waals surface area contributed by atoms with Gasteiger partial charge in [-0.2, -0.15) is 8.78 Å². The number of anilines is 1. The largest absolute Gasteiger partial charge is 0.478 e. The lowest BCUT2D eigenvalue weighted by atomic mass is 10.3. The highest BCUT2D eigenvalue weighted by molar-refractivity contribution is 6.20. The van der Waals surface area contributed by atoms with E-state index in [0.29, 0.717) is 6.08 Å². The molecule has 21 heavy (non-hydrogen) atoms. The summed E-state index contributed by atoms with van der Waals surface area (Å²) in [5, 5.41) is 10.6. The quantitative estimate of drug-likeness (QED) is 0.623. The molecule has 0 fully saturated rings. The van der Waals surface area contributed by atoms with Crippen LogP contribution in [0.5, 0.6) is 5.75 Å². The summed E-state index contributed by atoms with van der Waals surface area (Å²) in [6, 6.07) is 4.53. The van der Waals surface area contributed by atoms with E-state index >= 15 is 0 Å². The maximum atomic E-state index is 12.9. The highest BCUT2D eigenvalue weighted by Gasteiger charge is 2.42. The molecule has 1 aromatic carbocycles. The van der Waals surface area contributed by atoms with Crippen LogP contribution in [0.1, 0.15) is 0 Å². The van der Waals surface area contributed by atoms with Gasteiger partial charge in [0, 0.05) is 17.8 Å². The molecular weight excluding hydrogens is 315 g/mol. The van der Waals surface area contributed by atoms with Gasteiger partial charge in [-0.15, -0.1) is 0 Å². The van der Waals surface area contributed by atoms with Gasteiger partial charge in [0.15, 0.2) is 0 Å². The molecule has 9 heteroatoms. The van der Waals surface area contributed by atoms with Gasteiger partial charge in [0.05, 0.1) is 0 Å². The normalized spacial score (nSPS) is 13.0. The van der Waals surface area contributed by atoms with E-state index in [0.717, 1.165) is 18.2 Å². The molecule has 0 radical (unpaired) electrons. The Labute approximate surface area is 122 Å². The summed E-state index contributed by atoms with van der Waals surface area (Å²) in [5.41, 5.74) is -2.80. The summed E-state index contributed by atoms with van der Waals surface area (Å²) in [6.07, 6.45) is -2.77. The van der Waals surface area contributed by atoms with Crippen molar-refractivity contribution < 1.29 is 32.6 Å². The zero-order valence-electron chi connectivity index (χ0n) is 10.2. The molecule has 0 saturated carbocycles. The van der Waals surface area contributed by atoms with E-state index < -0.39 is 23.6 Å². The Morgan fingerprint density at radius 2 is 1.86 bits per heavy atom.